The molecule has 2 amide bonds. The number of thiophene rings is 1. The monoisotopic (exact) mass is 316 g/mol. The zero-order valence-electron chi connectivity index (χ0n) is 12.6. The van der Waals surface area contributed by atoms with Crippen LogP contribution >= 0.6 is 11.3 Å². The van der Waals surface area contributed by atoms with Gasteiger partial charge >= 0.3 is 6.03 Å². The summed E-state index contributed by atoms with van der Waals surface area (Å²) in [6.07, 6.45) is 4.17. The first-order chi connectivity index (χ1) is 10.7. The normalized spacial score (nSPS) is 15.6. The lowest BCUT2D eigenvalue weighted by Gasteiger charge is -2.17. The zero-order valence-corrected chi connectivity index (χ0v) is 13.4. The second-order valence-corrected chi connectivity index (χ2v) is 6.41. The number of carbonyl (C=O) groups is 1. The largest absolute Gasteiger partial charge is 0.357 e. The molecule has 0 unspecified atom stereocenters. The van der Waals surface area contributed by atoms with E-state index in [0.717, 1.165) is 23.8 Å². The number of carbonyl (C=O) groups excluding carboxylic acids is 1. The lowest BCUT2D eigenvalue weighted by molar-refractivity contribution is 0.249. The quantitative estimate of drug-likeness (QED) is 0.905. The van der Waals surface area contributed by atoms with E-state index < -0.39 is 0 Å². The van der Waals surface area contributed by atoms with Crippen molar-refractivity contribution >= 4 is 28.9 Å². The SMILES string of the molecule is C[C@@H](NC(=O)Nc1ccc(N2CCCC2)nc1)c1cccs1. The predicted octanol–water partition coefficient (Wildman–Crippen LogP) is 3.63. The number of anilines is 2. The van der Waals surface area contributed by atoms with Crippen LogP contribution in [0.5, 0.6) is 0 Å². The van der Waals surface area contributed by atoms with Gasteiger partial charge in [0.05, 0.1) is 17.9 Å². The predicted molar refractivity (Wildman–Crippen MR) is 90.6 cm³/mol. The fraction of sp³-hybridized carbons (Fsp3) is 0.375. The third kappa shape index (κ3) is 3.57. The highest BCUT2D eigenvalue weighted by Crippen LogP contribution is 2.20. The molecule has 2 aromatic rings. The van der Waals surface area contributed by atoms with Crippen molar-refractivity contribution in [1.82, 2.24) is 10.3 Å². The van der Waals surface area contributed by atoms with Crippen LogP contribution in [0.2, 0.25) is 0 Å². The van der Waals surface area contributed by atoms with Gasteiger partial charge in [0, 0.05) is 18.0 Å². The molecule has 0 spiro atoms. The van der Waals surface area contributed by atoms with Crippen LogP contribution in [0.4, 0.5) is 16.3 Å². The molecule has 0 aromatic carbocycles. The fourth-order valence-corrected chi connectivity index (χ4v) is 3.30. The standard InChI is InChI=1S/C16H20N4OS/c1-12(14-5-4-10-22-14)18-16(21)19-13-6-7-15(17-11-13)20-8-2-3-9-20/h4-7,10-12H,2-3,8-9H2,1H3,(H2,18,19,21)/t12-/m1/s1. The number of aromatic nitrogens is 1. The molecule has 1 aliphatic rings. The first-order valence-electron chi connectivity index (χ1n) is 7.54. The Morgan fingerprint density at radius 1 is 1.32 bits per heavy atom. The van der Waals surface area contributed by atoms with Crippen LogP contribution in [0.3, 0.4) is 0 Å². The maximum atomic E-state index is 12.0. The van der Waals surface area contributed by atoms with Gasteiger partial charge < -0.3 is 15.5 Å². The van der Waals surface area contributed by atoms with Gasteiger partial charge in [0.2, 0.25) is 0 Å². The van der Waals surface area contributed by atoms with E-state index >= 15 is 0 Å². The minimum atomic E-state index is -0.211. The van der Waals surface area contributed by atoms with Gasteiger partial charge in [0.25, 0.3) is 0 Å². The summed E-state index contributed by atoms with van der Waals surface area (Å²) >= 11 is 1.63. The van der Waals surface area contributed by atoms with Crippen molar-refractivity contribution in [3.8, 4) is 0 Å². The molecule has 2 N–H and O–H groups in total. The maximum Gasteiger partial charge on any atom is 0.319 e. The number of nitrogens with one attached hydrogen (secondary N) is 2. The Morgan fingerprint density at radius 2 is 2.14 bits per heavy atom. The van der Waals surface area contributed by atoms with E-state index in [4.69, 9.17) is 0 Å². The van der Waals surface area contributed by atoms with Crippen LogP contribution in [-0.4, -0.2) is 24.1 Å². The van der Waals surface area contributed by atoms with Gasteiger partial charge in [-0.3, -0.25) is 0 Å². The molecule has 1 atom stereocenters. The molecule has 0 radical (unpaired) electrons. The third-order valence-electron chi connectivity index (χ3n) is 3.75. The van der Waals surface area contributed by atoms with E-state index in [0.29, 0.717) is 5.69 Å². The van der Waals surface area contributed by atoms with E-state index in [2.05, 4.69) is 20.5 Å². The molecule has 2 aromatic heterocycles. The number of hydrogen-bond donors (Lipinski definition) is 2. The minimum Gasteiger partial charge on any atom is -0.357 e. The lowest BCUT2D eigenvalue weighted by Crippen LogP contribution is -2.30. The van der Waals surface area contributed by atoms with Crippen molar-refractivity contribution in [2.75, 3.05) is 23.3 Å². The molecule has 0 bridgehead atoms. The number of amides is 2. The van der Waals surface area contributed by atoms with E-state index in [1.54, 1.807) is 17.5 Å². The van der Waals surface area contributed by atoms with Gasteiger partial charge in [-0.1, -0.05) is 6.07 Å². The number of urea groups is 1. The van der Waals surface area contributed by atoms with Crippen LogP contribution in [0.1, 0.15) is 30.7 Å². The van der Waals surface area contributed by atoms with Gasteiger partial charge in [0.1, 0.15) is 5.82 Å². The minimum absolute atomic E-state index is 0.00293. The molecule has 3 heterocycles. The topological polar surface area (TPSA) is 57.3 Å². The number of hydrogen-bond acceptors (Lipinski definition) is 4. The molecule has 1 aliphatic heterocycles. The highest BCUT2D eigenvalue weighted by atomic mass is 32.1. The molecule has 6 heteroatoms. The van der Waals surface area contributed by atoms with Crippen LogP contribution in [0.25, 0.3) is 0 Å². The van der Waals surface area contributed by atoms with E-state index in [9.17, 15) is 4.79 Å². The Kier molecular flexibility index (Phi) is 4.58. The molecule has 1 fully saturated rings. The highest BCUT2D eigenvalue weighted by molar-refractivity contribution is 7.10. The fourth-order valence-electron chi connectivity index (χ4n) is 2.57. The Bertz CT molecular complexity index is 606. The second-order valence-electron chi connectivity index (χ2n) is 5.43. The molecule has 0 saturated carbocycles. The molecular weight excluding hydrogens is 296 g/mol. The van der Waals surface area contributed by atoms with Crippen molar-refractivity contribution in [2.45, 2.75) is 25.8 Å². The van der Waals surface area contributed by atoms with Gasteiger partial charge in [-0.2, -0.15) is 0 Å². The van der Waals surface area contributed by atoms with E-state index in [1.807, 2.05) is 36.6 Å². The molecular formula is C16H20N4OS. The summed E-state index contributed by atoms with van der Waals surface area (Å²) in [6, 6.07) is 7.65. The van der Waals surface area contributed by atoms with Crippen LogP contribution in [0, 0.1) is 0 Å². The van der Waals surface area contributed by atoms with Crippen LogP contribution < -0.4 is 15.5 Å². The zero-order chi connectivity index (χ0) is 15.4. The molecule has 22 heavy (non-hydrogen) atoms. The summed E-state index contributed by atoms with van der Waals surface area (Å²) in [5.74, 6) is 0.982. The molecule has 0 aliphatic carbocycles. The van der Waals surface area contributed by atoms with Crippen molar-refractivity contribution in [2.24, 2.45) is 0 Å². The van der Waals surface area contributed by atoms with Crippen molar-refractivity contribution < 1.29 is 4.79 Å². The number of nitrogens with zero attached hydrogens (tertiary/aromatic N) is 2. The number of rotatable bonds is 4. The van der Waals surface area contributed by atoms with Crippen LogP contribution in [0.15, 0.2) is 35.8 Å². The summed E-state index contributed by atoms with van der Waals surface area (Å²) in [4.78, 5) is 19.8. The van der Waals surface area contributed by atoms with Crippen molar-refractivity contribution in [1.29, 1.82) is 0 Å². The summed E-state index contributed by atoms with van der Waals surface area (Å²) in [5, 5.41) is 7.76. The van der Waals surface area contributed by atoms with E-state index in [-0.39, 0.29) is 12.1 Å². The van der Waals surface area contributed by atoms with Crippen molar-refractivity contribution in [3.63, 3.8) is 0 Å². The smallest absolute Gasteiger partial charge is 0.319 e. The van der Waals surface area contributed by atoms with Gasteiger partial charge in [-0.15, -0.1) is 11.3 Å². The average molecular weight is 316 g/mol. The summed E-state index contributed by atoms with van der Waals surface area (Å²) in [5.41, 5.74) is 0.707. The van der Waals surface area contributed by atoms with Crippen molar-refractivity contribution in [3.05, 3.63) is 40.7 Å². The molecule has 3 rings (SSSR count). The van der Waals surface area contributed by atoms with Gasteiger partial charge in [-0.05, 0) is 43.3 Å². The first kappa shape index (κ1) is 14.8. The maximum absolute atomic E-state index is 12.0. The average Bonchev–Trinajstić information content (AvgIpc) is 3.21. The number of pyridine rings is 1. The Hall–Kier alpha value is -2.08. The molecule has 1 saturated heterocycles. The first-order valence-corrected chi connectivity index (χ1v) is 8.42. The summed E-state index contributed by atoms with van der Waals surface area (Å²) in [7, 11) is 0. The molecule has 5 nitrogen and oxygen atoms in total. The van der Waals surface area contributed by atoms with Crippen LogP contribution in [-0.2, 0) is 0 Å². The molecule has 116 valence electrons. The van der Waals surface area contributed by atoms with E-state index in [1.165, 1.54) is 12.8 Å². The highest BCUT2D eigenvalue weighted by Gasteiger charge is 2.14. The Balaban J connectivity index is 1.55. The second kappa shape index (κ2) is 6.79. The lowest BCUT2D eigenvalue weighted by atomic mass is 10.3. The summed E-state index contributed by atoms with van der Waals surface area (Å²) in [6.45, 7) is 4.11. The Labute approximate surface area is 134 Å². The summed E-state index contributed by atoms with van der Waals surface area (Å²) < 4.78 is 0. The van der Waals surface area contributed by atoms with Gasteiger partial charge in [0.15, 0.2) is 0 Å². The third-order valence-corrected chi connectivity index (χ3v) is 4.81. The Morgan fingerprint density at radius 3 is 2.77 bits per heavy atom. The van der Waals surface area contributed by atoms with Gasteiger partial charge in [-0.25, -0.2) is 9.78 Å².